The van der Waals surface area contributed by atoms with Crippen LogP contribution in [-0.4, -0.2) is 13.0 Å². The van der Waals surface area contributed by atoms with Crippen molar-refractivity contribution in [1.29, 1.82) is 0 Å². The first-order chi connectivity index (χ1) is 8.47. The van der Waals surface area contributed by atoms with Gasteiger partial charge in [0.2, 0.25) is 5.91 Å². The molecule has 0 radical (unpaired) electrons. The Morgan fingerprint density at radius 2 is 2.06 bits per heavy atom. The topological polar surface area (TPSA) is 46.3 Å². The van der Waals surface area contributed by atoms with E-state index < -0.39 is 0 Å². The summed E-state index contributed by atoms with van der Waals surface area (Å²) in [5.41, 5.74) is 9.49. The molecule has 0 saturated carbocycles. The molecule has 3 nitrogen and oxygen atoms in total. The quantitative estimate of drug-likeness (QED) is 0.891. The Morgan fingerprint density at radius 1 is 1.39 bits per heavy atom. The number of rotatable bonds is 3. The van der Waals surface area contributed by atoms with Crippen LogP contribution in [0.25, 0.3) is 0 Å². The van der Waals surface area contributed by atoms with E-state index in [4.69, 9.17) is 5.73 Å². The van der Waals surface area contributed by atoms with E-state index in [9.17, 15) is 4.79 Å². The van der Waals surface area contributed by atoms with Crippen LogP contribution in [0.4, 0.5) is 5.69 Å². The number of benzene rings is 1. The van der Waals surface area contributed by atoms with E-state index in [0.29, 0.717) is 5.92 Å². The summed E-state index contributed by atoms with van der Waals surface area (Å²) in [4.78, 5) is 13.9. The normalized spacial score (nSPS) is 20.4. The number of nitrogens with two attached hydrogens (primary N) is 1. The lowest BCUT2D eigenvalue weighted by Gasteiger charge is -2.18. The fourth-order valence-electron chi connectivity index (χ4n) is 2.63. The van der Waals surface area contributed by atoms with Gasteiger partial charge in [0.25, 0.3) is 0 Å². The van der Waals surface area contributed by atoms with Crippen molar-refractivity contribution in [1.82, 2.24) is 0 Å². The van der Waals surface area contributed by atoms with Gasteiger partial charge in [-0.1, -0.05) is 32.9 Å². The molecular formula is C15H22N2O. The lowest BCUT2D eigenvalue weighted by atomic mass is 9.91. The molecule has 0 aliphatic carbocycles. The van der Waals surface area contributed by atoms with Crippen molar-refractivity contribution in [2.45, 2.75) is 39.2 Å². The molecule has 0 bridgehead atoms. The van der Waals surface area contributed by atoms with Crippen LogP contribution in [0.2, 0.25) is 0 Å². The monoisotopic (exact) mass is 246 g/mol. The minimum absolute atomic E-state index is 0.00399. The highest BCUT2D eigenvalue weighted by atomic mass is 16.2. The Balaban J connectivity index is 2.44. The van der Waals surface area contributed by atoms with E-state index in [-0.39, 0.29) is 17.9 Å². The molecule has 0 aromatic heterocycles. The van der Waals surface area contributed by atoms with Crippen LogP contribution in [-0.2, 0) is 4.79 Å². The third-order valence-corrected chi connectivity index (χ3v) is 3.93. The maximum absolute atomic E-state index is 12.1. The molecule has 1 heterocycles. The first-order valence-corrected chi connectivity index (χ1v) is 6.64. The highest BCUT2D eigenvalue weighted by Gasteiger charge is 2.34. The Morgan fingerprint density at radius 3 is 2.61 bits per heavy atom. The molecule has 2 atom stereocenters. The van der Waals surface area contributed by atoms with Crippen molar-refractivity contribution in [3.8, 4) is 0 Å². The number of fused-ring (bicyclic) bond motifs is 1. The van der Waals surface area contributed by atoms with Gasteiger partial charge in [-0.25, -0.2) is 0 Å². The molecule has 0 saturated heterocycles. The predicted molar refractivity (Wildman–Crippen MR) is 74.7 cm³/mol. The largest absolute Gasteiger partial charge is 0.324 e. The molecule has 0 spiro atoms. The summed E-state index contributed by atoms with van der Waals surface area (Å²) in [7, 11) is 1.85. The SMILES string of the molecule is CCC1C(=O)N(C)c2ccc(C(N)C(C)C)cc21. The van der Waals surface area contributed by atoms with E-state index in [1.165, 1.54) is 0 Å². The zero-order valence-corrected chi connectivity index (χ0v) is 11.6. The minimum atomic E-state index is 0.00399. The van der Waals surface area contributed by atoms with Gasteiger partial charge in [0, 0.05) is 18.8 Å². The summed E-state index contributed by atoms with van der Waals surface area (Å²) in [6.07, 6.45) is 0.844. The number of anilines is 1. The summed E-state index contributed by atoms with van der Waals surface area (Å²) < 4.78 is 0. The van der Waals surface area contributed by atoms with Crippen LogP contribution in [0, 0.1) is 5.92 Å². The third-order valence-electron chi connectivity index (χ3n) is 3.93. The molecule has 1 aromatic carbocycles. The van der Waals surface area contributed by atoms with Crippen LogP contribution < -0.4 is 10.6 Å². The second kappa shape index (κ2) is 4.73. The number of hydrogen-bond donors (Lipinski definition) is 1. The average molecular weight is 246 g/mol. The molecule has 2 N–H and O–H groups in total. The molecule has 2 unspecified atom stereocenters. The first kappa shape index (κ1) is 13.1. The van der Waals surface area contributed by atoms with Crippen LogP contribution in [0.15, 0.2) is 18.2 Å². The number of nitrogens with zero attached hydrogens (tertiary/aromatic N) is 1. The van der Waals surface area contributed by atoms with Gasteiger partial charge in [-0.3, -0.25) is 4.79 Å². The summed E-state index contributed by atoms with van der Waals surface area (Å²) in [5.74, 6) is 0.602. The second-order valence-corrected chi connectivity index (χ2v) is 5.45. The van der Waals surface area contributed by atoms with Crippen LogP contribution in [0.5, 0.6) is 0 Å². The van der Waals surface area contributed by atoms with E-state index in [1.807, 2.05) is 19.2 Å². The number of hydrogen-bond acceptors (Lipinski definition) is 2. The summed E-state index contributed by atoms with van der Waals surface area (Å²) in [6, 6.07) is 6.23. The molecule has 1 aromatic rings. The lowest BCUT2D eigenvalue weighted by Crippen LogP contribution is -2.23. The van der Waals surface area contributed by atoms with Crippen molar-refractivity contribution in [3.05, 3.63) is 29.3 Å². The van der Waals surface area contributed by atoms with Gasteiger partial charge in [0.05, 0.1) is 5.92 Å². The van der Waals surface area contributed by atoms with Gasteiger partial charge in [-0.15, -0.1) is 0 Å². The molecule has 2 rings (SSSR count). The van der Waals surface area contributed by atoms with Crippen LogP contribution >= 0.6 is 0 Å². The van der Waals surface area contributed by atoms with Gasteiger partial charge >= 0.3 is 0 Å². The third kappa shape index (κ3) is 1.93. The number of carbonyl (C=O) groups is 1. The molecule has 1 amide bonds. The predicted octanol–water partition coefficient (Wildman–Crippen LogP) is 2.81. The van der Waals surface area contributed by atoms with Gasteiger partial charge in [0.1, 0.15) is 0 Å². The van der Waals surface area contributed by atoms with Crippen LogP contribution in [0.1, 0.15) is 50.3 Å². The highest BCUT2D eigenvalue weighted by Crippen LogP contribution is 2.39. The molecule has 98 valence electrons. The highest BCUT2D eigenvalue weighted by molar-refractivity contribution is 6.04. The van der Waals surface area contributed by atoms with Gasteiger partial charge in [-0.2, -0.15) is 0 Å². The molecule has 18 heavy (non-hydrogen) atoms. The minimum Gasteiger partial charge on any atom is -0.324 e. The van der Waals surface area contributed by atoms with E-state index >= 15 is 0 Å². The molecule has 1 aliphatic rings. The molecule has 3 heteroatoms. The van der Waals surface area contributed by atoms with E-state index in [2.05, 4.69) is 26.8 Å². The molecule has 1 aliphatic heterocycles. The smallest absolute Gasteiger partial charge is 0.234 e. The van der Waals surface area contributed by atoms with E-state index in [0.717, 1.165) is 23.2 Å². The summed E-state index contributed by atoms with van der Waals surface area (Å²) >= 11 is 0. The standard InChI is InChI=1S/C15H22N2O/c1-5-11-12-8-10(14(16)9(2)3)6-7-13(12)17(4)15(11)18/h6-9,11,14H,5,16H2,1-4H3. The molecule has 0 fully saturated rings. The van der Waals surface area contributed by atoms with Gasteiger partial charge in [-0.05, 0) is 29.5 Å². The van der Waals surface area contributed by atoms with Crippen molar-refractivity contribution in [2.24, 2.45) is 11.7 Å². The number of amides is 1. The fraction of sp³-hybridized carbons (Fsp3) is 0.533. The Bertz CT molecular complexity index is 468. The summed E-state index contributed by atoms with van der Waals surface area (Å²) in [6.45, 7) is 6.29. The lowest BCUT2D eigenvalue weighted by molar-refractivity contribution is -0.119. The number of carbonyl (C=O) groups excluding carboxylic acids is 1. The van der Waals surface area contributed by atoms with Crippen molar-refractivity contribution in [2.75, 3.05) is 11.9 Å². The zero-order chi connectivity index (χ0) is 13.4. The average Bonchev–Trinajstić information content (AvgIpc) is 2.60. The summed E-state index contributed by atoms with van der Waals surface area (Å²) in [5, 5.41) is 0. The van der Waals surface area contributed by atoms with Crippen LogP contribution in [0.3, 0.4) is 0 Å². The van der Waals surface area contributed by atoms with Crippen molar-refractivity contribution < 1.29 is 4.79 Å². The van der Waals surface area contributed by atoms with Gasteiger partial charge < -0.3 is 10.6 Å². The first-order valence-electron chi connectivity index (χ1n) is 6.64. The fourth-order valence-corrected chi connectivity index (χ4v) is 2.63. The Kier molecular flexibility index (Phi) is 3.44. The van der Waals surface area contributed by atoms with Crippen molar-refractivity contribution in [3.63, 3.8) is 0 Å². The Labute approximate surface area is 109 Å². The number of likely N-dealkylation sites (N-methyl/N-ethyl adjacent to an activating group) is 1. The zero-order valence-electron chi connectivity index (χ0n) is 11.6. The molecular weight excluding hydrogens is 224 g/mol. The van der Waals surface area contributed by atoms with Crippen molar-refractivity contribution >= 4 is 11.6 Å². The maximum atomic E-state index is 12.1. The maximum Gasteiger partial charge on any atom is 0.234 e. The van der Waals surface area contributed by atoms with E-state index in [1.54, 1.807) is 4.90 Å². The Hall–Kier alpha value is -1.35. The van der Waals surface area contributed by atoms with Gasteiger partial charge in [0.15, 0.2) is 0 Å². The second-order valence-electron chi connectivity index (χ2n) is 5.45.